The van der Waals surface area contributed by atoms with Crippen LogP contribution < -0.4 is 10.9 Å². The highest BCUT2D eigenvalue weighted by Gasteiger charge is 2.10. The lowest BCUT2D eigenvalue weighted by Gasteiger charge is -2.09. The number of carbonyl (C=O) groups is 1. The highest BCUT2D eigenvalue weighted by Crippen LogP contribution is 2.21. The first-order valence-corrected chi connectivity index (χ1v) is 9.73. The summed E-state index contributed by atoms with van der Waals surface area (Å²) in [6.07, 6.45) is -0.0233. The second-order valence-electron chi connectivity index (χ2n) is 6.47. The van der Waals surface area contributed by atoms with Crippen molar-refractivity contribution in [1.29, 1.82) is 0 Å². The fraction of sp³-hybridized carbons (Fsp3) is 0.190. The zero-order valence-electron chi connectivity index (χ0n) is 15.6. The highest BCUT2D eigenvalue weighted by molar-refractivity contribution is 7.98. The average Bonchev–Trinajstić information content (AvgIpc) is 2.63. The number of H-pyrrole nitrogens is 1. The number of nitrogens with zero attached hydrogens (tertiary/aromatic N) is 1. The molecule has 0 atom stereocenters. The van der Waals surface area contributed by atoms with Gasteiger partial charge in [0.15, 0.2) is 5.16 Å². The number of hydrogen-bond acceptors (Lipinski definition) is 4. The van der Waals surface area contributed by atoms with Crippen LogP contribution in [-0.2, 0) is 17.0 Å². The molecule has 28 heavy (non-hydrogen) atoms. The van der Waals surface area contributed by atoms with Gasteiger partial charge in [0.1, 0.15) is 5.82 Å². The Labute approximate surface area is 166 Å². The third-order valence-electron chi connectivity index (χ3n) is 4.10. The molecule has 0 unspecified atom stereocenters. The summed E-state index contributed by atoms with van der Waals surface area (Å²) in [5, 5.41) is 3.21. The van der Waals surface area contributed by atoms with Crippen molar-refractivity contribution < 1.29 is 9.18 Å². The Hall–Kier alpha value is -2.93. The lowest BCUT2D eigenvalue weighted by molar-refractivity contribution is -0.115. The van der Waals surface area contributed by atoms with Gasteiger partial charge in [-0.2, -0.15) is 0 Å². The lowest BCUT2D eigenvalue weighted by atomic mass is 10.1. The van der Waals surface area contributed by atoms with Gasteiger partial charge in [0.05, 0.1) is 12.1 Å². The molecule has 0 fully saturated rings. The Morgan fingerprint density at radius 2 is 1.96 bits per heavy atom. The molecule has 2 aromatic carbocycles. The van der Waals surface area contributed by atoms with Gasteiger partial charge in [-0.25, -0.2) is 9.37 Å². The summed E-state index contributed by atoms with van der Waals surface area (Å²) in [7, 11) is 0. The smallest absolute Gasteiger partial charge is 0.251 e. The molecular formula is C21H20FN3O2S. The summed E-state index contributed by atoms with van der Waals surface area (Å²) < 4.78 is 13.7. The number of rotatable bonds is 6. The molecule has 2 N–H and O–H groups in total. The van der Waals surface area contributed by atoms with Gasteiger partial charge in [0, 0.05) is 17.5 Å². The van der Waals surface area contributed by atoms with E-state index in [0.29, 0.717) is 22.2 Å². The van der Waals surface area contributed by atoms with Crippen LogP contribution in [0, 0.1) is 19.7 Å². The van der Waals surface area contributed by atoms with E-state index in [4.69, 9.17) is 0 Å². The maximum Gasteiger partial charge on any atom is 0.251 e. The summed E-state index contributed by atoms with van der Waals surface area (Å²) in [6, 6.07) is 13.6. The van der Waals surface area contributed by atoms with Gasteiger partial charge in [0.25, 0.3) is 5.56 Å². The van der Waals surface area contributed by atoms with Crippen LogP contribution in [0.2, 0.25) is 0 Å². The first kappa shape index (κ1) is 19.8. The van der Waals surface area contributed by atoms with E-state index in [0.717, 1.165) is 16.8 Å². The number of benzene rings is 2. The molecule has 0 saturated heterocycles. The second kappa shape index (κ2) is 8.84. The van der Waals surface area contributed by atoms with E-state index in [1.54, 1.807) is 18.2 Å². The van der Waals surface area contributed by atoms with E-state index in [1.807, 2.05) is 32.0 Å². The molecule has 0 radical (unpaired) electrons. The van der Waals surface area contributed by atoms with Gasteiger partial charge in [-0.3, -0.25) is 9.59 Å². The van der Waals surface area contributed by atoms with Crippen molar-refractivity contribution in [1.82, 2.24) is 9.97 Å². The summed E-state index contributed by atoms with van der Waals surface area (Å²) in [4.78, 5) is 31.2. The number of aryl methyl sites for hydroxylation is 2. The molecule has 1 amide bonds. The van der Waals surface area contributed by atoms with Crippen molar-refractivity contribution in [3.8, 4) is 0 Å². The average molecular weight is 397 g/mol. The van der Waals surface area contributed by atoms with E-state index < -0.39 is 0 Å². The minimum Gasteiger partial charge on any atom is -0.326 e. The van der Waals surface area contributed by atoms with Gasteiger partial charge >= 0.3 is 0 Å². The molecule has 3 aromatic rings. The molecular weight excluding hydrogens is 377 g/mol. The fourth-order valence-electron chi connectivity index (χ4n) is 2.63. The molecule has 1 heterocycles. The Bertz CT molecular complexity index is 1070. The van der Waals surface area contributed by atoms with Gasteiger partial charge in [-0.1, -0.05) is 42.1 Å². The van der Waals surface area contributed by atoms with Gasteiger partial charge in [-0.15, -0.1) is 0 Å². The molecule has 0 spiro atoms. The molecule has 0 saturated carbocycles. The molecule has 0 aliphatic carbocycles. The van der Waals surface area contributed by atoms with Crippen LogP contribution in [0.15, 0.2) is 58.5 Å². The topological polar surface area (TPSA) is 74.8 Å². The zero-order valence-corrected chi connectivity index (χ0v) is 16.4. The molecule has 0 aliphatic heterocycles. The van der Waals surface area contributed by atoms with Crippen molar-refractivity contribution in [2.75, 3.05) is 5.32 Å². The number of carbonyl (C=O) groups excluding carboxylic acids is 1. The first-order chi connectivity index (χ1) is 13.4. The maximum atomic E-state index is 13.7. The fourth-order valence-corrected chi connectivity index (χ4v) is 3.51. The van der Waals surface area contributed by atoms with E-state index in [9.17, 15) is 14.0 Å². The van der Waals surface area contributed by atoms with Crippen LogP contribution in [0.1, 0.15) is 22.4 Å². The minimum absolute atomic E-state index is 0.0233. The van der Waals surface area contributed by atoms with Crippen molar-refractivity contribution in [2.24, 2.45) is 0 Å². The Balaban J connectivity index is 1.69. The van der Waals surface area contributed by atoms with Crippen LogP contribution in [0.3, 0.4) is 0 Å². The van der Waals surface area contributed by atoms with Crippen molar-refractivity contribution in [3.05, 3.63) is 87.1 Å². The number of anilines is 1. The molecule has 3 rings (SSSR count). The summed E-state index contributed by atoms with van der Waals surface area (Å²) in [6.45, 7) is 3.87. The van der Waals surface area contributed by atoms with Gasteiger partial charge in [0.2, 0.25) is 5.91 Å². The lowest BCUT2D eigenvalue weighted by Crippen LogP contribution is -2.18. The number of halogens is 1. The predicted octanol–water partition coefficient (Wildman–Crippen LogP) is 4.00. The number of aromatic amines is 1. The van der Waals surface area contributed by atoms with Crippen LogP contribution >= 0.6 is 11.8 Å². The quantitative estimate of drug-likeness (QED) is 0.487. The van der Waals surface area contributed by atoms with Crippen LogP contribution in [0.5, 0.6) is 0 Å². The SMILES string of the molecule is Cc1ccc(C)c(NC(=O)Cc2cc(=O)[nH]c(SCc3ccccc3F)n2)c1. The van der Waals surface area contributed by atoms with E-state index in [-0.39, 0.29) is 23.7 Å². The first-order valence-electron chi connectivity index (χ1n) is 8.74. The Kier molecular flexibility index (Phi) is 6.26. The monoisotopic (exact) mass is 397 g/mol. The molecule has 0 bridgehead atoms. The summed E-state index contributed by atoms with van der Waals surface area (Å²) >= 11 is 1.21. The molecule has 7 heteroatoms. The second-order valence-corrected chi connectivity index (χ2v) is 7.43. The van der Waals surface area contributed by atoms with Crippen LogP contribution in [0.4, 0.5) is 10.1 Å². The zero-order chi connectivity index (χ0) is 20.1. The molecule has 1 aromatic heterocycles. The Morgan fingerprint density at radius 3 is 2.75 bits per heavy atom. The minimum atomic E-state index is -0.347. The van der Waals surface area contributed by atoms with Crippen molar-refractivity contribution in [2.45, 2.75) is 31.2 Å². The van der Waals surface area contributed by atoms with Gasteiger partial charge < -0.3 is 10.3 Å². The summed E-state index contributed by atoms with van der Waals surface area (Å²) in [5.74, 6) is -0.230. The van der Waals surface area contributed by atoms with Crippen molar-refractivity contribution in [3.63, 3.8) is 0 Å². The third kappa shape index (κ3) is 5.29. The van der Waals surface area contributed by atoms with Crippen LogP contribution in [0.25, 0.3) is 0 Å². The Morgan fingerprint density at radius 1 is 1.18 bits per heavy atom. The highest BCUT2D eigenvalue weighted by atomic mass is 32.2. The molecule has 0 aliphatic rings. The number of thioether (sulfide) groups is 1. The number of nitrogens with one attached hydrogen (secondary N) is 2. The van der Waals surface area contributed by atoms with Crippen molar-refractivity contribution >= 4 is 23.4 Å². The molecule has 5 nitrogen and oxygen atoms in total. The standard InChI is InChI=1S/C21H20FN3O2S/c1-13-7-8-14(2)18(9-13)24-19(26)10-16-11-20(27)25-21(23-16)28-12-15-5-3-4-6-17(15)22/h3-9,11H,10,12H2,1-2H3,(H,24,26)(H,23,25,27). The summed E-state index contributed by atoms with van der Waals surface area (Å²) in [5.41, 5.74) is 3.28. The number of aromatic nitrogens is 2. The largest absolute Gasteiger partial charge is 0.326 e. The normalized spacial score (nSPS) is 10.7. The number of amides is 1. The van der Waals surface area contributed by atoms with E-state index in [2.05, 4.69) is 15.3 Å². The van der Waals surface area contributed by atoms with E-state index in [1.165, 1.54) is 23.9 Å². The number of hydrogen-bond donors (Lipinski definition) is 2. The predicted molar refractivity (Wildman–Crippen MR) is 109 cm³/mol. The third-order valence-corrected chi connectivity index (χ3v) is 5.03. The van der Waals surface area contributed by atoms with E-state index >= 15 is 0 Å². The van der Waals surface area contributed by atoms with Gasteiger partial charge in [-0.05, 0) is 42.7 Å². The van der Waals surface area contributed by atoms with Crippen LogP contribution in [-0.4, -0.2) is 15.9 Å². The molecule has 144 valence electrons. The maximum absolute atomic E-state index is 13.7.